The van der Waals surface area contributed by atoms with Gasteiger partial charge in [0.25, 0.3) is 0 Å². The number of ether oxygens (including phenoxy) is 1. The Balaban J connectivity index is 2.84. The van der Waals surface area contributed by atoms with Gasteiger partial charge in [-0.05, 0) is 39.1 Å². The molecule has 1 aromatic rings. The lowest BCUT2D eigenvalue weighted by molar-refractivity contribution is -0.116. The van der Waals surface area contributed by atoms with E-state index in [2.05, 4.69) is 31.1 Å². The van der Waals surface area contributed by atoms with Crippen LogP contribution in [0.4, 0.5) is 0 Å². The van der Waals surface area contributed by atoms with Crippen LogP contribution in [-0.2, 0) is 17.6 Å². The van der Waals surface area contributed by atoms with Gasteiger partial charge in [0.15, 0.2) is 0 Å². The highest BCUT2D eigenvalue weighted by atomic mass is 16.5. The molecule has 0 aliphatic heterocycles. The van der Waals surface area contributed by atoms with E-state index in [1.165, 1.54) is 5.56 Å². The van der Waals surface area contributed by atoms with E-state index in [1.54, 1.807) is 14.0 Å². The highest BCUT2D eigenvalue weighted by molar-refractivity contribution is 5.79. The molecule has 1 rings (SSSR count). The average molecular weight is 235 g/mol. The maximum absolute atomic E-state index is 11.2. The smallest absolute Gasteiger partial charge is 0.134 e. The van der Waals surface area contributed by atoms with Crippen LogP contribution in [0, 0.1) is 0 Å². The zero-order chi connectivity index (χ0) is 12.8. The van der Waals surface area contributed by atoms with Crippen LogP contribution < -0.4 is 4.74 Å². The van der Waals surface area contributed by atoms with Gasteiger partial charge < -0.3 is 9.64 Å². The summed E-state index contributed by atoms with van der Waals surface area (Å²) in [5.41, 5.74) is 2.23. The van der Waals surface area contributed by atoms with Crippen molar-refractivity contribution in [2.75, 3.05) is 27.7 Å². The Morgan fingerprint density at radius 1 is 1.35 bits per heavy atom. The Labute approximate surface area is 103 Å². The molecule has 0 unspecified atom stereocenters. The third-order valence-electron chi connectivity index (χ3n) is 2.63. The first-order valence-electron chi connectivity index (χ1n) is 5.83. The van der Waals surface area contributed by atoms with Crippen LogP contribution in [-0.4, -0.2) is 38.4 Å². The zero-order valence-corrected chi connectivity index (χ0v) is 11.1. The molecular weight excluding hydrogens is 214 g/mol. The number of likely N-dealkylation sites (N-methyl/N-ethyl adjacent to an activating group) is 1. The fourth-order valence-electron chi connectivity index (χ4n) is 1.75. The third-order valence-corrected chi connectivity index (χ3v) is 2.63. The molecule has 0 N–H and O–H groups in total. The van der Waals surface area contributed by atoms with Gasteiger partial charge in [0, 0.05) is 18.5 Å². The van der Waals surface area contributed by atoms with Gasteiger partial charge in [-0.15, -0.1) is 0 Å². The van der Waals surface area contributed by atoms with E-state index in [-0.39, 0.29) is 5.78 Å². The Morgan fingerprint density at radius 2 is 2.06 bits per heavy atom. The molecule has 94 valence electrons. The van der Waals surface area contributed by atoms with Gasteiger partial charge in [-0.2, -0.15) is 0 Å². The van der Waals surface area contributed by atoms with Crippen molar-refractivity contribution < 1.29 is 9.53 Å². The van der Waals surface area contributed by atoms with Gasteiger partial charge in [0.05, 0.1) is 7.11 Å². The molecule has 17 heavy (non-hydrogen) atoms. The Hall–Kier alpha value is -1.35. The topological polar surface area (TPSA) is 29.5 Å². The minimum absolute atomic E-state index is 0.160. The Kier molecular flexibility index (Phi) is 5.16. The molecule has 0 spiro atoms. The van der Waals surface area contributed by atoms with E-state index in [0.717, 1.165) is 24.3 Å². The quantitative estimate of drug-likeness (QED) is 0.754. The van der Waals surface area contributed by atoms with Crippen molar-refractivity contribution in [1.82, 2.24) is 4.90 Å². The number of carbonyl (C=O) groups excluding carboxylic acids is 1. The molecule has 0 atom stereocenters. The highest BCUT2D eigenvalue weighted by Crippen LogP contribution is 2.21. The number of carbonyl (C=O) groups is 1. The van der Waals surface area contributed by atoms with Crippen molar-refractivity contribution >= 4 is 5.78 Å². The van der Waals surface area contributed by atoms with Gasteiger partial charge in [-0.25, -0.2) is 0 Å². The molecule has 0 amide bonds. The van der Waals surface area contributed by atoms with Crippen LogP contribution in [0.1, 0.15) is 18.1 Å². The SMILES string of the molecule is COc1ccc(CCN(C)C)cc1CC(C)=O. The molecule has 3 heteroatoms. The molecule has 1 aromatic carbocycles. The van der Waals surface area contributed by atoms with Crippen molar-refractivity contribution in [3.63, 3.8) is 0 Å². The monoisotopic (exact) mass is 235 g/mol. The first-order chi connectivity index (χ1) is 8.02. The van der Waals surface area contributed by atoms with Crippen LogP contribution in [0.3, 0.4) is 0 Å². The first-order valence-corrected chi connectivity index (χ1v) is 5.83. The van der Waals surface area contributed by atoms with E-state index in [4.69, 9.17) is 4.74 Å². The molecule has 0 aliphatic carbocycles. The van der Waals surface area contributed by atoms with Gasteiger partial charge in [-0.3, -0.25) is 4.79 Å². The normalized spacial score (nSPS) is 10.6. The number of hydrogen-bond donors (Lipinski definition) is 0. The van der Waals surface area contributed by atoms with Gasteiger partial charge in [0.1, 0.15) is 11.5 Å². The minimum atomic E-state index is 0.160. The van der Waals surface area contributed by atoms with Crippen molar-refractivity contribution in [3.8, 4) is 5.75 Å². The lowest BCUT2D eigenvalue weighted by Gasteiger charge is -2.12. The van der Waals surface area contributed by atoms with E-state index in [9.17, 15) is 4.79 Å². The molecule has 0 saturated carbocycles. The number of hydrogen-bond acceptors (Lipinski definition) is 3. The summed E-state index contributed by atoms with van der Waals surface area (Å²) in [6, 6.07) is 6.08. The molecule has 3 nitrogen and oxygen atoms in total. The van der Waals surface area contributed by atoms with Crippen LogP contribution in [0.2, 0.25) is 0 Å². The van der Waals surface area contributed by atoms with Crippen molar-refractivity contribution in [2.24, 2.45) is 0 Å². The molecule has 0 radical (unpaired) electrons. The van der Waals surface area contributed by atoms with Gasteiger partial charge in [-0.1, -0.05) is 12.1 Å². The highest BCUT2D eigenvalue weighted by Gasteiger charge is 2.07. The van der Waals surface area contributed by atoms with E-state index < -0.39 is 0 Å². The van der Waals surface area contributed by atoms with Crippen LogP contribution in [0.25, 0.3) is 0 Å². The summed E-state index contributed by atoms with van der Waals surface area (Å²) in [5, 5.41) is 0. The molecule has 0 heterocycles. The zero-order valence-electron chi connectivity index (χ0n) is 11.1. The largest absolute Gasteiger partial charge is 0.496 e. The number of benzene rings is 1. The van der Waals surface area contributed by atoms with Crippen molar-refractivity contribution in [3.05, 3.63) is 29.3 Å². The fraction of sp³-hybridized carbons (Fsp3) is 0.500. The predicted octanol–water partition coefficient (Wildman–Crippen LogP) is 1.93. The summed E-state index contributed by atoms with van der Waals surface area (Å²) < 4.78 is 5.26. The molecular formula is C14H21NO2. The summed E-state index contributed by atoms with van der Waals surface area (Å²) in [6.07, 6.45) is 1.43. The maximum atomic E-state index is 11.2. The average Bonchev–Trinajstić information content (AvgIpc) is 2.25. The molecule has 0 aliphatic rings. The predicted molar refractivity (Wildman–Crippen MR) is 69.6 cm³/mol. The Bertz CT molecular complexity index is 386. The Morgan fingerprint density at radius 3 is 2.59 bits per heavy atom. The maximum Gasteiger partial charge on any atom is 0.134 e. The number of ketones is 1. The van der Waals surface area contributed by atoms with Crippen LogP contribution >= 0.6 is 0 Å². The fourth-order valence-corrected chi connectivity index (χ4v) is 1.75. The van der Waals surface area contributed by atoms with Crippen LogP contribution in [0.5, 0.6) is 5.75 Å². The number of nitrogens with zero attached hydrogens (tertiary/aromatic N) is 1. The lowest BCUT2D eigenvalue weighted by atomic mass is 10.0. The van der Waals surface area contributed by atoms with E-state index >= 15 is 0 Å². The molecule has 0 saturated heterocycles. The summed E-state index contributed by atoms with van der Waals surface area (Å²) in [4.78, 5) is 13.3. The van der Waals surface area contributed by atoms with Crippen molar-refractivity contribution in [1.29, 1.82) is 0 Å². The summed E-state index contributed by atoms with van der Waals surface area (Å²) in [5.74, 6) is 0.960. The molecule has 0 bridgehead atoms. The summed E-state index contributed by atoms with van der Waals surface area (Å²) in [7, 11) is 5.75. The van der Waals surface area contributed by atoms with Gasteiger partial charge >= 0.3 is 0 Å². The third kappa shape index (κ3) is 4.57. The first kappa shape index (κ1) is 13.7. The lowest BCUT2D eigenvalue weighted by Crippen LogP contribution is -2.15. The van der Waals surface area contributed by atoms with E-state index in [1.807, 2.05) is 6.07 Å². The van der Waals surface area contributed by atoms with Crippen molar-refractivity contribution in [2.45, 2.75) is 19.8 Å². The molecule has 0 fully saturated rings. The van der Waals surface area contributed by atoms with E-state index in [0.29, 0.717) is 6.42 Å². The second-order valence-electron chi connectivity index (χ2n) is 4.58. The molecule has 0 aromatic heterocycles. The summed E-state index contributed by atoms with van der Waals surface area (Å²) >= 11 is 0. The number of Topliss-reactive ketones (excluding diaryl/α,β-unsaturated/α-hetero) is 1. The number of methoxy groups -OCH3 is 1. The second-order valence-corrected chi connectivity index (χ2v) is 4.58. The minimum Gasteiger partial charge on any atom is -0.496 e. The van der Waals surface area contributed by atoms with Gasteiger partial charge in [0.2, 0.25) is 0 Å². The number of rotatable bonds is 6. The standard InChI is InChI=1S/C14H21NO2/c1-11(16)9-13-10-12(7-8-15(2)3)5-6-14(13)17-4/h5-6,10H,7-9H2,1-4H3. The van der Waals surface area contributed by atoms with Crippen LogP contribution in [0.15, 0.2) is 18.2 Å². The second kappa shape index (κ2) is 6.40. The summed E-state index contributed by atoms with van der Waals surface area (Å²) in [6.45, 7) is 2.61.